The molecule has 5 heteroatoms. The van der Waals surface area contributed by atoms with Gasteiger partial charge in [-0.05, 0) is 31.7 Å². The molecule has 2 heterocycles. The molecule has 3 rings (SSSR count). The lowest BCUT2D eigenvalue weighted by Gasteiger charge is -2.34. The van der Waals surface area contributed by atoms with Crippen LogP contribution in [-0.4, -0.2) is 34.3 Å². The molecule has 2 unspecified atom stereocenters. The fourth-order valence-electron chi connectivity index (χ4n) is 2.88. The second-order valence-corrected chi connectivity index (χ2v) is 6.18. The van der Waals surface area contributed by atoms with Crippen molar-refractivity contribution in [3.05, 3.63) is 29.3 Å². The highest BCUT2D eigenvalue weighted by Crippen LogP contribution is 2.24. The number of aromatic amines is 1. The zero-order valence-electron chi connectivity index (χ0n) is 12.9. The van der Waals surface area contributed by atoms with Crippen LogP contribution in [0.2, 0.25) is 0 Å². The highest BCUT2D eigenvalue weighted by Gasteiger charge is 2.25. The minimum atomic E-state index is 0.196. The van der Waals surface area contributed by atoms with E-state index in [0.717, 1.165) is 36.8 Å². The van der Waals surface area contributed by atoms with Crippen LogP contribution in [0, 0.1) is 19.8 Å². The molecular formula is C16H23N5. The van der Waals surface area contributed by atoms with Crippen molar-refractivity contribution < 1.29 is 0 Å². The summed E-state index contributed by atoms with van der Waals surface area (Å²) in [6.45, 7) is 8.20. The van der Waals surface area contributed by atoms with Crippen LogP contribution in [0.25, 0.3) is 11.4 Å². The molecule has 1 saturated heterocycles. The van der Waals surface area contributed by atoms with Crippen molar-refractivity contribution in [2.24, 2.45) is 11.7 Å². The summed E-state index contributed by atoms with van der Waals surface area (Å²) in [5.74, 6) is 2.15. The van der Waals surface area contributed by atoms with Crippen molar-refractivity contribution in [1.29, 1.82) is 0 Å². The summed E-state index contributed by atoms with van der Waals surface area (Å²) in [5.41, 5.74) is 9.73. The largest absolute Gasteiger partial charge is 0.338 e. The first-order valence-corrected chi connectivity index (χ1v) is 7.55. The summed E-state index contributed by atoms with van der Waals surface area (Å²) < 4.78 is 0. The van der Waals surface area contributed by atoms with Crippen molar-refractivity contribution in [1.82, 2.24) is 15.2 Å². The van der Waals surface area contributed by atoms with E-state index >= 15 is 0 Å². The molecule has 3 N–H and O–H groups in total. The first kappa shape index (κ1) is 14.1. The van der Waals surface area contributed by atoms with E-state index in [4.69, 9.17) is 5.73 Å². The minimum Gasteiger partial charge on any atom is -0.338 e. The third-order valence-electron chi connectivity index (χ3n) is 4.41. The van der Waals surface area contributed by atoms with Gasteiger partial charge in [0.1, 0.15) is 0 Å². The number of nitrogens with zero attached hydrogens (tertiary/aromatic N) is 3. The zero-order valence-corrected chi connectivity index (χ0v) is 12.9. The zero-order chi connectivity index (χ0) is 15.0. The van der Waals surface area contributed by atoms with Crippen LogP contribution in [0.4, 0.5) is 5.95 Å². The number of nitrogens with one attached hydrogen (secondary N) is 1. The number of rotatable bonds is 2. The molecule has 0 spiro atoms. The van der Waals surface area contributed by atoms with Crippen LogP contribution in [0.15, 0.2) is 18.2 Å². The van der Waals surface area contributed by atoms with E-state index < -0.39 is 0 Å². The normalized spacial score (nSPS) is 22.6. The molecule has 112 valence electrons. The molecule has 1 fully saturated rings. The number of benzene rings is 1. The fraction of sp³-hybridized carbons (Fsp3) is 0.500. The third kappa shape index (κ3) is 2.78. The van der Waals surface area contributed by atoms with Crippen LogP contribution < -0.4 is 10.6 Å². The van der Waals surface area contributed by atoms with E-state index in [0.29, 0.717) is 5.92 Å². The number of H-pyrrole nitrogens is 1. The van der Waals surface area contributed by atoms with Gasteiger partial charge < -0.3 is 10.6 Å². The molecule has 1 aromatic heterocycles. The van der Waals surface area contributed by atoms with Gasteiger partial charge in [0.05, 0.1) is 0 Å². The number of piperidine rings is 1. The molecule has 1 aliphatic heterocycles. The van der Waals surface area contributed by atoms with Gasteiger partial charge in [0, 0.05) is 24.7 Å². The van der Waals surface area contributed by atoms with Gasteiger partial charge in [-0.25, -0.2) is 0 Å². The Balaban J connectivity index is 1.83. The highest BCUT2D eigenvalue weighted by molar-refractivity contribution is 5.61. The maximum Gasteiger partial charge on any atom is 0.245 e. The fourth-order valence-corrected chi connectivity index (χ4v) is 2.88. The van der Waals surface area contributed by atoms with Gasteiger partial charge >= 0.3 is 0 Å². The summed E-state index contributed by atoms with van der Waals surface area (Å²) in [6, 6.07) is 6.56. The van der Waals surface area contributed by atoms with Crippen LogP contribution >= 0.6 is 0 Å². The van der Waals surface area contributed by atoms with Gasteiger partial charge in [-0.15, -0.1) is 5.10 Å². The standard InChI is InChI=1S/C16H23N5/c1-10-4-5-13(12(3)8-10)15-18-16(20-19-15)21-7-6-11(2)14(17)9-21/h4-5,8,11,14H,6-7,9,17H2,1-3H3,(H,18,19,20). The predicted octanol–water partition coefficient (Wildman–Crippen LogP) is 2.26. The Kier molecular flexibility index (Phi) is 3.68. The molecule has 0 bridgehead atoms. The quantitative estimate of drug-likeness (QED) is 0.888. The van der Waals surface area contributed by atoms with E-state index in [9.17, 15) is 0 Å². The average Bonchev–Trinajstić information content (AvgIpc) is 2.91. The van der Waals surface area contributed by atoms with Crippen molar-refractivity contribution in [2.75, 3.05) is 18.0 Å². The Labute approximate surface area is 125 Å². The van der Waals surface area contributed by atoms with Gasteiger partial charge in [-0.1, -0.05) is 30.7 Å². The molecule has 0 amide bonds. The van der Waals surface area contributed by atoms with Crippen molar-refractivity contribution >= 4 is 5.95 Å². The topological polar surface area (TPSA) is 70.8 Å². The summed E-state index contributed by atoms with van der Waals surface area (Å²) in [7, 11) is 0. The highest BCUT2D eigenvalue weighted by atomic mass is 15.4. The molecular weight excluding hydrogens is 262 g/mol. The van der Waals surface area contributed by atoms with Gasteiger partial charge in [0.15, 0.2) is 5.82 Å². The molecule has 1 aromatic carbocycles. The smallest absolute Gasteiger partial charge is 0.245 e. The van der Waals surface area contributed by atoms with E-state index in [2.05, 4.69) is 59.1 Å². The Morgan fingerprint density at radius 2 is 2.14 bits per heavy atom. The van der Waals surface area contributed by atoms with E-state index in [1.165, 1.54) is 11.1 Å². The van der Waals surface area contributed by atoms with Crippen LogP contribution in [0.3, 0.4) is 0 Å². The Morgan fingerprint density at radius 1 is 1.33 bits per heavy atom. The van der Waals surface area contributed by atoms with E-state index in [-0.39, 0.29) is 6.04 Å². The van der Waals surface area contributed by atoms with Crippen LogP contribution in [-0.2, 0) is 0 Å². The van der Waals surface area contributed by atoms with Crippen molar-refractivity contribution in [3.8, 4) is 11.4 Å². The Hall–Kier alpha value is -1.88. The predicted molar refractivity (Wildman–Crippen MR) is 85.3 cm³/mol. The number of hydrogen-bond donors (Lipinski definition) is 2. The van der Waals surface area contributed by atoms with Crippen LogP contribution in [0.1, 0.15) is 24.5 Å². The number of hydrogen-bond acceptors (Lipinski definition) is 4. The van der Waals surface area contributed by atoms with E-state index in [1.54, 1.807) is 0 Å². The van der Waals surface area contributed by atoms with Gasteiger partial charge in [0.2, 0.25) is 5.95 Å². The molecule has 0 aliphatic carbocycles. The number of aryl methyl sites for hydroxylation is 2. The van der Waals surface area contributed by atoms with Gasteiger partial charge in [-0.3, -0.25) is 5.10 Å². The maximum absolute atomic E-state index is 6.16. The van der Waals surface area contributed by atoms with Crippen molar-refractivity contribution in [3.63, 3.8) is 0 Å². The molecule has 2 aromatic rings. The molecule has 2 atom stereocenters. The first-order valence-electron chi connectivity index (χ1n) is 7.55. The van der Waals surface area contributed by atoms with Gasteiger partial charge in [-0.2, -0.15) is 4.98 Å². The summed E-state index contributed by atoms with van der Waals surface area (Å²) in [5, 5.41) is 7.44. The first-order chi connectivity index (χ1) is 10.0. The lowest BCUT2D eigenvalue weighted by atomic mass is 9.95. The molecule has 0 radical (unpaired) electrons. The van der Waals surface area contributed by atoms with Crippen LogP contribution in [0.5, 0.6) is 0 Å². The lowest BCUT2D eigenvalue weighted by molar-refractivity contribution is 0.376. The Morgan fingerprint density at radius 3 is 2.86 bits per heavy atom. The second-order valence-electron chi connectivity index (χ2n) is 6.18. The summed E-state index contributed by atoms with van der Waals surface area (Å²) in [4.78, 5) is 6.83. The Bertz CT molecular complexity index is 633. The maximum atomic E-state index is 6.16. The van der Waals surface area contributed by atoms with E-state index in [1.807, 2.05) is 0 Å². The SMILES string of the molecule is Cc1ccc(-c2nc(N3CCC(C)C(N)C3)n[nH]2)c(C)c1. The molecule has 1 aliphatic rings. The number of anilines is 1. The van der Waals surface area contributed by atoms with Gasteiger partial charge in [0.25, 0.3) is 0 Å². The summed E-state index contributed by atoms with van der Waals surface area (Å²) >= 11 is 0. The van der Waals surface area contributed by atoms with Crippen molar-refractivity contribution in [2.45, 2.75) is 33.2 Å². The minimum absolute atomic E-state index is 0.196. The second kappa shape index (κ2) is 5.48. The number of nitrogens with two attached hydrogens (primary N) is 1. The average molecular weight is 285 g/mol. The summed E-state index contributed by atoms with van der Waals surface area (Å²) in [6.07, 6.45) is 1.09. The molecule has 21 heavy (non-hydrogen) atoms. The lowest BCUT2D eigenvalue weighted by Crippen LogP contribution is -2.48. The molecule has 5 nitrogen and oxygen atoms in total. The third-order valence-corrected chi connectivity index (χ3v) is 4.41. The molecule has 0 saturated carbocycles. The monoisotopic (exact) mass is 285 g/mol. The number of aromatic nitrogens is 3.